The van der Waals surface area contributed by atoms with Crippen LogP contribution in [0, 0.1) is 0 Å². The summed E-state index contributed by atoms with van der Waals surface area (Å²) in [4.78, 5) is 38.8. The third-order valence-electron chi connectivity index (χ3n) is 5.74. The van der Waals surface area contributed by atoms with Crippen molar-refractivity contribution in [2.45, 2.75) is 31.3 Å². The van der Waals surface area contributed by atoms with Crippen LogP contribution in [0.5, 0.6) is 5.75 Å². The Bertz CT molecular complexity index is 1030. The molecule has 7 heteroatoms. The summed E-state index contributed by atoms with van der Waals surface area (Å²) in [7, 11) is 0. The van der Waals surface area contributed by atoms with Crippen molar-refractivity contribution in [3.05, 3.63) is 71.3 Å². The summed E-state index contributed by atoms with van der Waals surface area (Å²) in [6.07, 6.45) is 4.71. The van der Waals surface area contributed by atoms with Gasteiger partial charge in [-0.15, -0.1) is 0 Å². The molecular weight excluding hydrogens is 396 g/mol. The van der Waals surface area contributed by atoms with Gasteiger partial charge < -0.3 is 9.64 Å². The van der Waals surface area contributed by atoms with Gasteiger partial charge >= 0.3 is 0 Å². The van der Waals surface area contributed by atoms with Gasteiger partial charge in [-0.3, -0.25) is 19.6 Å². The number of carbonyl (C=O) groups is 3. The molecule has 1 spiro atoms. The minimum atomic E-state index is -0.706. The van der Waals surface area contributed by atoms with Gasteiger partial charge in [0.05, 0.1) is 24.9 Å². The van der Waals surface area contributed by atoms with Crippen molar-refractivity contribution in [1.29, 1.82) is 0 Å². The summed E-state index contributed by atoms with van der Waals surface area (Å²) in [5, 5.41) is 8.58. The summed E-state index contributed by atoms with van der Waals surface area (Å²) >= 11 is 0. The quantitative estimate of drug-likeness (QED) is 0.451. The van der Waals surface area contributed by atoms with Crippen LogP contribution in [0.1, 0.15) is 40.7 Å². The minimum absolute atomic E-state index is 0.0368. The van der Waals surface area contributed by atoms with Gasteiger partial charge in [0.2, 0.25) is 5.91 Å². The molecule has 0 saturated carbocycles. The van der Waals surface area contributed by atoms with Gasteiger partial charge in [0.15, 0.2) is 5.78 Å². The maximum Gasteiger partial charge on any atom is 0.267 e. The van der Waals surface area contributed by atoms with E-state index in [0.29, 0.717) is 42.8 Å². The van der Waals surface area contributed by atoms with Gasteiger partial charge in [-0.25, -0.2) is 5.48 Å². The largest absolute Gasteiger partial charge is 0.484 e. The molecule has 0 radical (unpaired) electrons. The van der Waals surface area contributed by atoms with Gasteiger partial charge in [-0.2, -0.15) is 0 Å². The monoisotopic (exact) mass is 420 g/mol. The minimum Gasteiger partial charge on any atom is -0.484 e. The van der Waals surface area contributed by atoms with Crippen molar-refractivity contribution in [2.75, 3.05) is 13.1 Å². The number of hydrogen-bond donors (Lipinski definition) is 2. The number of Topliss-reactive ketones (excluding diaryl/α,β-unsaturated/α-hetero) is 1. The fourth-order valence-electron chi connectivity index (χ4n) is 4.25. The Kier molecular flexibility index (Phi) is 5.86. The first kappa shape index (κ1) is 20.8. The number of ether oxygens (including phenoxy) is 1. The number of rotatable bonds is 4. The SMILES string of the molecule is O=C(/C=C/c1ccc2c(c1)C(=O)CC1(CCCN(C(=O)Cc3ccccc3)C1)O2)NO. The van der Waals surface area contributed by atoms with Gasteiger partial charge in [0.25, 0.3) is 5.91 Å². The predicted molar refractivity (Wildman–Crippen MR) is 114 cm³/mol. The van der Waals surface area contributed by atoms with E-state index in [1.165, 1.54) is 17.6 Å². The maximum atomic E-state index is 12.9. The number of benzene rings is 2. The second-order valence-corrected chi connectivity index (χ2v) is 8.03. The Hall–Kier alpha value is -3.45. The first-order chi connectivity index (χ1) is 15.0. The standard InChI is InChI=1S/C24H24N2O5/c27-20-15-24(31-21-9-7-18(13-19(20)21)8-10-22(28)25-30)11-4-12-26(16-24)23(29)14-17-5-2-1-3-6-17/h1-3,5-10,13,30H,4,11-12,14-16H2,(H,25,28)/b10-8+. The molecule has 2 aromatic rings. The highest BCUT2D eigenvalue weighted by Gasteiger charge is 2.44. The summed E-state index contributed by atoms with van der Waals surface area (Å²) in [6.45, 7) is 1.05. The lowest BCUT2D eigenvalue weighted by atomic mass is 9.83. The Morgan fingerprint density at radius 3 is 2.77 bits per heavy atom. The van der Waals surface area contributed by atoms with Crippen LogP contribution < -0.4 is 10.2 Å². The van der Waals surface area contributed by atoms with E-state index in [1.54, 1.807) is 23.1 Å². The maximum absolute atomic E-state index is 12.9. The van der Waals surface area contributed by atoms with Crippen LogP contribution in [-0.4, -0.2) is 46.4 Å². The molecule has 31 heavy (non-hydrogen) atoms. The number of piperidine rings is 1. The summed E-state index contributed by atoms with van der Waals surface area (Å²) in [6, 6.07) is 14.8. The molecule has 0 aliphatic carbocycles. The Morgan fingerprint density at radius 1 is 1.19 bits per heavy atom. The lowest BCUT2D eigenvalue weighted by Gasteiger charge is -2.45. The van der Waals surface area contributed by atoms with Crippen molar-refractivity contribution < 1.29 is 24.3 Å². The molecule has 2 aliphatic heterocycles. The van der Waals surface area contributed by atoms with Crippen LogP contribution in [0.3, 0.4) is 0 Å². The Morgan fingerprint density at radius 2 is 2.00 bits per heavy atom. The molecule has 1 saturated heterocycles. The fraction of sp³-hybridized carbons (Fsp3) is 0.292. The van der Waals surface area contributed by atoms with Crippen molar-refractivity contribution in [1.82, 2.24) is 10.4 Å². The predicted octanol–water partition coefficient (Wildman–Crippen LogP) is 2.77. The van der Waals surface area contributed by atoms with Crippen LogP contribution >= 0.6 is 0 Å². The van der Waals surface area contributed by atoms with Crippen molar-refractivity contribution in [3.63, 3.8) is 0 Å². The zero-order chi connectivity index (χ0) is 21.8. The van der Waals surface area contributed by atoms with E-state index in [-0.39, 0.29) is 18.1 Å². The number of ketones is 1. The molecule has 1 fully saturated rings. The number of likely N-dealkylation sites (tertiary alicyclic amines) is 1. The molecule has 1 atom stereocenters. The first-order valence-electron chi connectivity index (χ1n) is 10.3. The van der Waals surface area contributed by atoms with Crippen LogP contribution in [0.2, 0.25) is 0 Å². The normalized spacial score (nSPS) is 20.4. The lowest BCUT2D eigenvalue weighted by molar-refractivity contribution is -0.136. The third kappa shape index (κ3) is 4.67. The van der Waals surface area contributed by atoms with Crippen LogP contribution in [0.4, 0.5) is 0 Å². The topological polar surface area (TPSA) is 95.9 Å². The zero-order valence-corrected chi connectivity index (χ0v) is 17.0. The number of fused-ring (bicyclic) bond motifs is 1. The first-order valence-corrected chi connectivity index (χ1v) is 10.3. The van der Waals surface area contributed by atoms with E-state index in [4.69, 9.17) is 9.94 Å². The van der Waals surface area contributed by atoms with Crippen LogP contribution in [-0.2, 0) is 16.0 Å². The fourth-order valence-corrected chi connectivity index (χ4v) is 4.25. The molecule has 2 aromatic carbocycles. The van der Waals surface area contributed by atoms with Gasteiger partial charge in [0.1, 0.15) is 11.4 Å². The van der Waals surface area contributed by atoms with Gasteiger partial charge in [0, 0.05) is 12.6 Å². The molecule has 0 aromatic heterocycles. The molecule has 2 heterocycles. The van der Waals surface area contributed by atoms with Gasteiger partial charge in [-0.1, -0.05) is 36.4 Å². The van der Waals surface area contributed by atoms with Crippen LogP contribution in [0.25, 0.3) is 6.08 Å². The number of nitrogens with zero attached hydrogens (tertiary/aromatic N) is 1. The number of amides is 2. The van der Waals surface area contributed by atoms with Crippen molar-refractivity contribution >= 4 is 23.7 Å². The van der Waals surface area contributed by atoms with Gasteiger partial charge in [-0.05, 0) is 42.2 Å². The molecular formula is C24H24N2O5. The Balaban J connectivity index is 1.49. The number of hydrogen-bond acceptors (Lipinski definition) is 5. The van der Waals surface area contributed by atoms with E-state index >= 15 is 0 Å². The number of hydroxylamine groups is 1. The molecule has 2 amide bonds. The van der Waals surface area contributed by atoms with Crippen molar-refractivity contribution in [2.24, 2.45) is 0 Å². The highest BCUT2D eigenvalue weighted by atomic mass is 16.5. The van der Waals surface area contributed by atoms with Crippen molar-refractivity contribution in [3.8, 4) is 5.75 Å². The molecule has 160 valence electrons. The smallest absolute Gasteiger partial charge is 0.267 e. The molecule has 1 unspecified atom stereocenters. The van der Waals surface area contributed by atoms with E-state index in [9.17, 15) is 14.4 Å². The average molecular weight is 420 g/mol. The van der Waals surface area contributed by atoms with E-state index in [1.807, 2.05) is 30.3 Å². The summed E-state index contributed by atoms with van der Waals surface area (Å²) in [5.41, 5.74) is 2.90. The van der Waals surface area contributed by atoms with E-state index < -0.39 is 11.5 Å². The van der Waals surface area contributed by atoms with E-state index in [0.717, 1.165) is 12.0 Å². The molecule has 0 bridgehead atoms. The average Bonchev–Trinajstić information content (AvgIpc) is 2.78. The summed E-state index contributed by atoms with van der Waals surface area (Å²) in [5.74, 6) is -0.158. The molecule has 2 aliphatic rings. The third-order valence-corrected chi connectivity index (χ3v) is 5.74. The molecule has 2 N–H and O–H groups in total. The summed E-state index contributed by atoms with van der Waals surface area (Å²) < 4.78 is 6.31. The lowest BCUT2D eigenvalue weighted by Crippen LogP contribution is -2.56. The van der Waals surface area contributed by atoms with Crippen LogP contribution in [0.15, 0.2) is 54.6 Å². The second kappa shape index (κ2) is 8.73. The number of carbonyl (C=O) groups excluding carboxylic acids is 3. The highest BCUT2D eigenvalue weighted by molar-refractivity contribution is 6.01. The number of nitrogens with one attached hydrogen (secondary N) is 1. The molecule has 7 nitrogen and oxygen atoms in total. The highest BCUT2D eigenvalue weighted by Crippen LogP contribution is 2.39. The van der Waals surface area contributed by atoms with E-state index in [2.05, 4.69) is 0 Å². The second-order valence-electron chi connectivity index (χ2n) is 8.03. The zero-order valence-electron chi connectivity index (χ0n) is 17.0. The Labute approximate surface area is 180 Å². The molecule has 4 rings (SSSR count).